The van der Waals surface area contributed by atoms with E-state index in [4.69, 9.17) is 0 Å². The summed E-state index contributed by atoms with van der Waals surface area (Å²) in [4.78, 5) is 31.9. The van der Waals surface area contributed by atoms with Gasteiger partial charge in [-0.3, -0.25) is 19.4 Å². The first kappa shape index (κ1) is 19.3. The number of carbonyl (C=O) groups excluding carboxylic acids is 2. The summed E-state index contributed by atoms with van der Waals surface area (Å²) in [5, 5.41) is 0. The van der Waals surface area contributed by atoms with Crippen molar-refractivity contribution in [2.75, 3.05) is 18.6 Å². The van der Waals surface area contributed by atoms with Gasteiger partial charge in [-0.25, -0.2) is 0 Å². The van der Waals surface area contributed by atoms with Crippen LogP contribution in [0.1, 0.15) is 17.2 Å². The Bertz CT molecular complexity index is 1140. The molecule has 1 atom stereocenters. The average Bonchev–Trinajstić information content (AvgIpc) is 3.05. The van der Waals surface area contributed by atoms with Gasteiger partial charge in [0.05, 0.1) is 18.3 Å². The molecule has 0 saturated heterocycles. The minimum atomic E-state index is -0.294. The van der Waals surface area contributed by atoms with E-state index in [1.165, 1.54) is 4.90 Å². The molecule has 1 unspecified atom stereocenters. The molecule has 0 N–H and O–H groups in total. The fourth-order valence-electron chi connectivity index (χ4n) is 4.46. The standard InChI is InChI=1S/C26H23N3O2/c1-27-25(30)22-23(20-13-7-3-8-14-20)28(17-19-11-5-2-6-12-19)18-29(24(22)26(27)31)21-15-9-4-10-16-21/h2-16,23H,17-18H2,1H3. The molecule has 31 heavy (non-hydrogen) atoms. The number of anilines is 1. The Hall–Kier alpha value is -3.70. The highest BCUT2D eigenvalue weighted by Crippen LogP contribution is 2.42. The first-order valence-corrected chi connectivity index (χ1v) is 10.4. The lowest BCUT2D eigenvalue weighted by Gasteiger charge is -2.42. The Morgan fingerprint density at radius 2 is 1.35 bits per heavy atom. The van der Waals surface area contributed by atoms with E-state index in [0.717, 1.165) is 16.8 Å². The zero-order valence-corrected chi connectivity index (χ0v) is 17.3. The Labute approximate surface area is 181 Å². The number of imide groups is 1. The van der Waals surface area contributed by atoms with Gasteiger partial charge in [0.1, 0.15) is 5.70 Å². The normalized spacial score (nSPS) is 19.2. The van der Waals surface area contributed by atoms with Gasteiger partial charge in [0, 0.05) is 19.3 Å². The molecule has 154 valence electrons. The maximum atomic E-state index is 13.3. The third-order valence-corrected chi connectivity index (χ3v) is 5.94. The number of nitrogens with zero attached hydrogens (tertiary/aromatic N) is 3. The summed E-state index contributed by atoms with van der Waals surface area (Å²) >= 11 is 0. The van der Waals surface area contributed by atoms with Crippen LogP contribution >= 0.6 is 0 Å². The third kappa shape index (κ3) is 3.33. The van der Waals surface area contributed by atoms with E-state index in [2.05, 4.69) is 17.0 Å². The van der Waals surface area contributed by atoms with Gasteiger partial charge in [-0.05, 0) is 23.3 Å². The Morgan fingerprint density at radius 1 is 0.774 bits per heavy atom. The number of rotatable bonds is 4. The minimum absolute atomic E-state index is 0.229. The predicted molar refractivity (Wildman–Crippen MR) is 120 cm³/mol. The van der Waals surface area contributed by atoms with E-state index in [9.17, 15) is 9.59 Å². The average molecular weight is 409 g/mol. The van der Waals surface area contributed by atoms with Crippen LogP contribution in [0.2, 0.25) is 0 Å². The van der Waals surface area contributed by atoms with Crippen molar-refractivity contribution in [2.45, 2.75) is 12.6 Å². The van der Waals surface area contributed by atoms with Gasteiger partial charge >= 0.3 is 0 Å². The lowest BCUT2D eigenvalue weighted by Crippen LogP contribution is -2.46. The van der Waals surface area contributed by atoms with Crippen molar-refractivity contribution < 1.29 is 9.59 Å². The van der Waals surface area contributed by atoms with Gasteiger partial charge in [-0.2, -0.15) is 0 Å². The summed E-state index contributed by atoms with van der Waals surface area (Å²) < 4.78 is 0. The van der Waals surface area contributed by atoms with E-state index in [1.807, 2.05) is 83.8 Å². The van der Waals surface area contributed by atoms with Gasteiger partial charge in [-0.1, -0.05) is 78.9 Å². The van der Waals surface area contributed by atoms with Crippen molar-refractivity contribution in [3.8, 4) is 0 Å². The number of hydrogen-bond donors (Lipinski definition) is 0. The Kier molecular flexibility index (Phi) is 4.88. The molecular formula is C26H23N3O2. The van der Waals surface area contributed by atoms with Crippen molar-refractivity contribution in [3.05, 3.63) is 113 Å². The number of carbonyl (C=O) groups is 2. The van der Waals surface area contributed by atoms with E-state index in [-0.39, 0.29) is 17.9 Å². The molecule has 3 aromatic rings. The highest BCUT2D eigenvalue weighted by molar-refractivity contribution is 6.21. The van der Waals surface area contributed by atoms with Gasteiger partial charge in [0.15, 0.2) is 0 Å². The molecule has 0 saturated carbocycles. The van der Waals surface area contributed by atoms with E-state index >= 15 is 0 Å². The number of para-hydroxylation sites is 1. The van der Waals surface area contributed by atoms with Crippen LogP contribution in [-0.2, 0) is 16.1 Å². The third-order valence-electron chi connectivity index (χ3n) is 5.94. The van der Waals surface area contributed by atoms with Crippen LogP contribution < -0.4 is 4.90 Å². The topological polar surface area (TPSA) is 43.9 Å². The molecule has 0 spiro atoms. The summed E-state index contributed by atoms with van der Waals surface area (Å²) in [5.74, 6) is -0.475. The van der Waals surface area contributed by atoms with Crippen molar-refractivity contribution in [1.29, 1.82) is 0 Å². The van der Waals surface area contributed by atoms with Crippen molar-refractivity contribution in [3.63, 3.8) is 0 Å². The largest absolute Gasteiger partial charge is 0.323 e. The summed E-state index contributed by atoms with van der Waals surface area (Å²) in [6.07, 6.45) is 0. The molecule has 0 radical (unpaired) electrons. The molecule has 5 heteroatoms. The van der Waals surface area contributed by atoms with Crippen LogP contribution in [-0.4, -0.2) is 35.3 Å². The second kappa shape index (κ2) is 7.85. The molecule has 0 fully saturated rings. The van der Waals surface area contributed by atoms with Crippen molar-refractivity contribution in [1.82, 2.24) is 9.80 Å². The van der Waals surface area contributed by atoms with Gasteiger partial charge < -0.3 is 4.90 Å². The molecule has 5 rings (SSSR count). The summed E-state index contributed by atoms with van der Waals surface area (Å²) in [7, 11) is 1.57. The van der Waals surface area contributed by atoms with Gasteiger partial charge in [0.25, 0.3) is 11.8 Å². The molecule has 2 aliphatic heterocycles. The summed E-state index contributed by atoms with van der Waals surface area (Å²) in [5.41, 5.74) is 4.10. The zero-order chi connectivity index (χ0) is 21.4. The minimum Gasteiger partial charge on any atom is -0.323 e. The molecule has 5 nitrogen and oxygen atoms in total. The zero-order valence-electron chi connectivity index (χ0n) is 17.3. The highest BCUT2D eigenvalue weighted by atomic mass is 16.2. The monoisotopic (exact) mass is 409 g/mol. The van der Waals surface area contributed by atoms with Crippen LogP contribution in [0.5, 0.6) is 0 Å². The smallest absolute Gasteiger partial charge is 0.277 e. The number of likely N-dealkylation sites (N-methyl/N-ethyl adjacent to an activating group) is 1. The van der Waals surface area contributed by atoms with Gasteiger partial charge in [0.2, 0.25) is 0 Å². The number of amides is 2. The number of benzene rings is 3. The van der Waals surface area contributed by atoms with E-state index < -0.39 is 0 Å². The SMILES string of the molecule is CN1C(=O)C2=C(C1=O)N(c1ccccc1)CN(Cc1ccccc1)C2c1ccccc1. The fourth-order valence-corrected chi connectivity index (χ4v) is 4.46. The fraction of sp³-hybridized carbons (Fsp3) is 0.154. The second-order valence-electron chi connectivity index (χ2n) is 7.88. The molecule has 0 aromatic heterocycles. The van der Waals surface area contributed by atoms with Crippen LogP contribution in [0.4, 0.5) is 5.69 Å². The van der Waals surface area contributed by atoms with Crippen LogP contribution in [0.15, 0.2) is 102 Å². The maximum Gasteiger partial charge on any atom is 0.277 e. The lowest BCUT2D eigenvalue weighted by atomic mass is 9.93. The maximum absolute atomic E-state index is 13.3. The predicted octanol–water partition coefficient (Wildman–Crippen LogP) is 3.96. The second-order valence-corrected chi connectivity index (χ2v) is 7.88. The van der Waals surface area contributed by atoms with Crippen LogP contribution in [0.25, 0.3) is 0 Å². The van der Waals surface area contributed by atoms with E-state index in [0.29, 0.717) is 24.5 Å². The lowest BCUT2D eigenvalue weighted by molar-refractivity contribution is -0.136. The Morgan fingerprint density at radius 3 is 2.00 bits per heavy atom. The first-order chi connectivity index (χ1) is 15.1. The summed E-state index contributed by atoms with van der Waals surface area (Å²) in [6, 6.07) is 29.7. The number of hydrogen-bond acceptors (Lipinski definition) is 4. The molecule has 3 aromatic carbocycles. The first-order valence-electron chi connectivity index (χ1n) is 10.4. The molecule has 0 aliphatic carbocycles. The van der Waals surface area contributed by atoms with Crippen molar-refractivity contribution in [2.24, 2.45) is 0 Å². The summed E-state index contributed by atoms with van der Waals surface area (Å²) in [6.45, 7) is 1.16. The molecule has 2 heterocycles. The van der Waals surface area contributed by atoms with Crippen LogP contribution in [0.3, 0.4) is 0 Å². The molecule has 0 bridgehead atoms. The molecule has 2 amide bonds. The Balaban J connectivity index is 1.69. The quantitative estimate of drug-likeness (QED) is 0.612. The van der Waals surface area contributed by atoms with Gasteiger partial charge in [-0.15, -0.1) is 0 Å². The molecule has 2 aliphatic rings. The molecular weight excluding hydrogens is 386 g/mol. The highest BCUT2D eigenvalue weighted by Gasteiger charge is 2.48. The van der Waals surface area contributed by atoms with Crippen LogP contribution in [0, 0.1) is 0 Å². The van der Waals surface area contributed by atoms with Crippen molar-refractivity contribution >= 4 is 17.5 Å². The van der Waals surface area contributed by atoms with E-state index in [1.54, 1.807) is 7.05 Å².